The maximum Gasteiger partial charge on any atom is 0.363 e. The molecular weight excluding hydrogens is 238 g/mol. The van der Waals surface area contributed by atoms with Gasteiger partial charge in [-0.05, 0) is 24.5 Å². The van der Waals surface area contributed by atoms with Crippen LogP contribution in [0, 0.1) is 18.8 Å². The normalized spacial score (nSPS) is 10.5. The fourth-order valence-electron chi connectivity index (χ4n) is 0.851. The standard InChI is InChI=1S/C10H7BrF2/c1-8-4-2-3-5-9(8)6-7-10(11,12)13/h2-5H,1H3. The lowest BCUT2D eigenvalue weighted by Crippen LogP contribution is -1.98. The first kappa shape index (κ1) is 10.2. The Labute approximate surface area is 84.1 Å². The van der Waals surface area contributed by atoms with Crippen LogP contribution in [-0.4, -0.2) is 4.83 Å². The Morgan fingerprint density at radius 3 is 2.46 bits per heavy atom. The average molecular weight is 245 g/mol. The number of aryl methyl sites for hydroxylation is 1. The zero-order valence-electron chi connectivity index (χ0n) is 6.94. The molecule has 0 saturated heterocycles. The van der Waals surface area contributed by atoms with Crippen molar-refractivity contribution in [1.82, 2.24) is 0 Å². The van der Waals surface area contributed by atoms with Gasteiger partial charge in [-0.3, -0.25) is 0 Å². The minimum atomic E-state index is -3.10. The van der Waals surface area contributed by atoms with Gasteiger partial charge in [0.1, 0.15) is 0 Å². The molecule has 0 fully saturated rings. The van der Waals surface area contributed by atoms with Crippen LogP contribution in [0.25, 0.3) is 0 Å². The van der Waals surface area contributed by atoms with Gasteiger partial charge in [-0.1, -0.05) is 24.1 Å². The summed E-state index contributed by atoms with van der Waals surface area (Å²) in [5.41, 5.74) is 1.52. The van der Waals surface area contributed by atoms with Gasteiger partial charge < -0.3 is 0 Å². The summed E-state index contributed by atoms with van der Waals surface area (Å²) in [7, 11) is 0. The van der Waals surface area contributed by atoms with Crippen molar-refractivity contribution < 1.29 is 8.78 Å². The molecule has 0 atom stereocenters. The molecule has 0 saturated carbocycles. The summed E-state index contributed by atoms with van der Waals surface area (Å²) in [6.07, 6.45) is 0. The third-order valence-corrected chi connectivity index (χ3v) is 1.68. The number of alkyl halides is 3. The van der Waals surface area contributed by atoms with Crippen molar-refractivity contribution in [3.63, 3.8) is 0 Å². The molecule has 13 heavy (non-hydrogen) atoms. The maximum absolute atomic E-state index is 12.3. The van der Waals surface area contributed by atoms with Crippen LogP contribution in [0.2, 0.25) is 0 Å². The highest BCUT2D eigenvalue weighted by molar-refractivity contribution is 9.10. The van der Waals surface area contributed by atoms with Gasteiger partial charge in [0.05, 0.1) is 0 Å². The Kier molecular flexibility index (Phi) is 3.05. The van der Waals surface area contributed by atoms with E-state index in [1.165, 1.54) is 0 Å². The van der Waals surface area contributed by atoms with E-state index < -0.39 is 4.83 Å². The molecule has 1 aromatic rings. The van der Waals surface area contributed by atoms with E-state index in [0.29, 0.717) is 5.56 Å². The zero-order valence-corrected chi connectivity index (χ0v) is 8.53. The van der Waals surface area contributed by atoms with Crippen molar-refractivity contribution >= 4 is 15.9 Å². The topological polar surface area (TPSA) is 0 Å². The molecule has 0 nitrogen and oxygen atoms in total. The van der Waals surface area contributed by atoms with E-state index in [1.807, 2.05) is 25.0 Å². The van der Waals surface area contributed by atoms with Crippen LogP contribution in [-0.2, 0) is 0 Å². The Morgan fingerprint density at radius 1 is 1.31 bits per heavy atom. The quantitative estimate of drug-likeness (QED) is 0.485. The number of hydrogen-bond acceptors (Lipinski definition) is 0. The molecule has 0 heterocycles. The van der Waals surface area contributed by atoms with Crippen LogP contribution in [0.4, 0.5) is 8.78 Å². The van der Waals surface area contributed by atoms with E-state index >= 15 is 0 Å². The van der Waals surface area contributed by atoms with E-state index in [9.17, 15) is 8.78 Å². The van der Waals surface area contributed by atoms with Crippen molar-refractivity contribution in [2.45, 2.75) is 11.8 Å². The smallest absolute Gasteiger partial charge is 0.180 e. The SMILES string of the molecule is Cc1ccccc1C#CC(F)(F)Br. The van der Waals surface area contributed by atoms with Crippen LogP contribution < -0.4 is 0 Å². The molecule has 0 aliphatic rings. The van der Waals surface area contributed by atoms with E-state index in [1.54, 1.807) is 12.1 Å². The molecule has 1 aromatic carbocycles. The Balaban J connectivity index is 2.97. The number of halogens is 3. The van der Waals surface area contributed by atoms with Gasteiger partial charge in [-0.25, -0.2) is 0 Å². The summed E-state index contributed by atoms with van der Waals surface area (Å²) in [5.74, 6) is 4.22. The van der Waals surface area contributed by atoms with E-state index in [0.717, 1.165) is 5.56 Å². The lowest BCUT2D eigenvalue weighted by molar-refractivity contribution is 0.182. The summed E-state index contributed by atoms with van der Waals surface area (Å²) in [5, 5.41) is 0. The Morgan fingerprint density at radius 2 is 1.92 bits per heavy atom. The summed E-state index contributed by atoms with van der Waals surface area (Å²) in [6, 6.07) is 7.15. The molecule has 0 aliphatic heterocycles. The molecule has 68 valence electrons. The predicted molar refractivity (Wildman–Crippen MR) is 51.9 cm³/mol. The second-order valence-corrected chi connectivity index (χ2v) is 3.56. The van der Waals surface area contributed by atoms with Crippen molar-refractivity contribution in [3.05, 3.63) is 35.4 Å². The van der Waals surface area contributed by atoms with Gasteiger partial charge in [0.2, 0.25) is 0 Å². The fraction of sp³-hybridized carbons (Fsp3) is 0.200. The molecule has 1 rings (SSSR count). The van der Waals surface area contributed by atoms with Crippen molar-refractivity contribution in [3.8, 4) is 11.8 Å². The van der Waals surface area contributed by atoms with Gasteiger partial charge in [-0.15, -0.1) is 0 Å². The maximum atomic E-state index is 12.3. The van der Waals surface area contributed by atoms with E-state index in [-0.39, 0.29) is 0 Å². The van der Waals surface area contributed by atoms with Crippen LogP contribution in [0.3, 0.4) is 0 Å². The molecular formula is C10H7BrF2. The van der Waals surface area contributed by atoms with Gasteiger partial charge >= 0.3 is 4.83 Å². The molecule has 0 aliphatic carbocycles. The molecule has 0 radical (unpaired) electrons. The van der Waals surface area contributed by atoms with Gasteiger partial charge in [0, 0.05) is 21.5 Å². The summed E-state index contributed by atoms with van der Waals surface area (Å²) in [4.78, 5) is -3.10. The van der Waals surface area contributed by atoms with Gasteiger partial charge in [0.15, 0.2) is 0 Å². The van der Waals surface area contributed by atoms with E-state index in [2.05, 4.69) is 21.9 Å². The highest BCUT2D eigenvalue weighted by Crippen LogP contribution is 2.20. The van der Waals surface area contributed by atoms with Crippen LogP contribution >= 0.6 is 15.9 Å². The highest BCUT2D eigenvalue weighted by atomic mass is 79.9. The highest BCUT2D eigenvalue weighted by Gasteiger charge is 2.18. The summed E-state index contributed by atoms with van der Waals surface area (Å²) >= 11 is 2.15. The van der Waals surface area contributed by atoms with Crippen LogP contribution in [0.5, 0.6) is 0 Å². The molecule has 0 amide bonds. The summed E-state index contributed by atoms with van der Waals surface area (Å²) in [6.45, 7) is 1.83. The van der Waals surface area contributed by atoms with Gasteiger partial charge in [0.25, 0.3) is 0 Å². The second-order valence-electron chi connectivity index (χ2n) is 2.56. The number of rotatable bonds is 0. The molecule has 0 bridgehead atoms. The van der Waals surface area contributed by atoms with E-state index in [4.69, 9.17) is 0 Å². The Bertz CT molecular complexity index is 355. The van der Waals surface area contributed by atoms with Crippen LogP contribution in [0.15, 0.2) is 24.3 Å². The largest absolute Gasteiger partial charge is 0.363 e. The monoisotopic (exact) mass is 244 g/mol. The fourth-order valence-corrected chi connectivity index (χ4v) is 0.950. The van der Waals surface area contributed by atoms with Crippen molar-refractivity contribution in [2.75, 3.05) is 0 Å². The number of hydrogen-bond donors (Lipinski definition) is 0. The molecule has 0 aromatic heterocycles. The minimum Gasteiger partial charge on any atom is -0.180 e. The van der Waals surface area contributed by atoms with Crippen LogP contribution in [0.1, 0.15) is 11.1 Å². The predicted octanol–water partition coefficient (Wildman–Crippen LogP) is 3.33. The first-order valence-electron chi connectivity index (χ1n) is 3.64. The lowest BCUT2D eigenvalue weighted by Gasteiger charge is -1.97. The van der Waals surface area contributed by atoms with Crippen molar-refractivity contribution in [2.24, 2.45) is 0 Å². The molecule has 0 N–H and O–H groups in total. The third-order valence-electron chi connectivity index (χ3n) is 1.48. The zero-order chi connectivity index (χ0) is 9.90. The summed E-state index contributed by atoms with van der Waals surface area (Å²) < 4.78 is 24.6. The average Bonchev–Trinajstić information content (AvgIpc) is 2.01. The first-order chi connectivity index (χ1) is 5.99. The van der Waals surface area contributed by atoms with Crippen molar-refractivity contribution in [1.29, 1.82) is 0 Å². The molecule has 3 heteroatoms. The first-order valence-corrected chi connectivity index (χ1v) is 4.44. The molecule has 0 unspecified atom stereocenters. The molecule has 0 spiro atoms. The minimum absolute atomic E-state index is 0.627. The second kappa shape index (κ2) is 3.89. The van der Waals surface area contributed by atoms with Gasteiger partial charge in [-0.2, -0.15) is 8.78 Å². The lowest BCUT2D eigenvalue weighted by atomic mass is 10.1. The third kappa shape index (κ3) is 3.56. The number of benzene rings is 1. The Hall–Kier alpha value is -0.880.